The Morgan fingerprint density at radius 2 is 1.89 bits per heavy atom. The minimum atomic E-state index is -0.0900. The number of hydrogen-bond acceptors (Lipinski definition) is 8. The molecule has 27 heavy (non-hydrogen) atoms. The average molecular weight is 386 g/mol. The summed E-state index contributed by atoms with van der Waals surface area (Å²) < 4.78 is 3.30. The Morgan fingerprint density at radius 3 is 2.56 bits per heavy atom. The van der Waals surface area contributed by atoms with Crippen LogP contribution >= 0.6 is 11.3 Å². The van der Waals surface area contributed by atoms with Crippen LogP contribution in [-0.2, 0) is 6.54 Å². The van der Waals surface area contributed by atoms with Crippen molar-refractivity contribution in [2.45, 2.75) is 20.4 Å². The first kappa shape index (κ1) is 17.8. The minimum absolute atomic E-state index is 0.0900. The van der Waals surface area contributed by atoms with Gasteiger partial charge in [-0.15, -0.1) is 15.3 Å². The van der Waals surface area contributed by atoms with Crippen LogP contribution in [0.4, 0.5) is 5.13 Å². The summed E-state index contributed by atoms with van der Waals surface area (Å²) in [5.74, 6) is 0.668. The summed E-state index contributed by atoms with van der Waals surface area (Å²) in [6.45, 7) is 8.99. The molecule has 0 radical (unpaired) electrons. The fraction of sp³-hybridized carbons (Fsp3) is 0.471. The maximum atomic E-state index is 12.2. The second kappa shape index (κ2) is 7.57. The van der Waals surface area contributed by atoms with Crippen molar-refractivity contribution in [1.29, 1.82) is 0 Å². The van der Waals surface area contributed by atoms with E-state index in [-0.39, 0.29) is 5.56 Å². The van der Waals surface area contributed by atoms with Gasteiger partial charge in [0.15, 0.2) is 5.82 Å². The van der Waals surface area contributed by atoms with E-state index in [9.17, 15) is 4.79 Å². The van der Waals surface area contributed by atoms with Crippen LogP contribution in [0.5, 0.6) is 0 Å². The second-order valence-corrected chi connectivity index (χ2v) is 7.45. The molecule has 1 aliphatic heterocycles. The third-order valence-electron chi connectivity index (χ3n) is 4.70. The molecule has 0 saturated carbocycles. The Hall–Kier alpha value is -2.59. The zero-order chi connectivity index (χ0) is 18.8. The van der Waals surface area contributed by atoms with E-state index in [0.29, 0.717) is 12.4 Å². The van der Waals surface area contributed by atoms with Crippen molar-refractivity contribution in [2.75, 3.05) is 37.6 Å². The van der Waals surface area contributed by atoms with Gasteiger partial charge in [-0.1, -0.05) is 11.3 Å². The molecule has 4 heterocycles. The quantitative estimate of drug-likeness (QED) is 0.639. The largest absolute Gasteiger partial charge is 0.344 e. The number of hydrogen-bond donors (Lipinski definition) is 0. The molecule has 10 heteroatoms. The lowest BCUT2D eigenvalue weighted by molar-refractivity contribution is 0.242. The summed E-state index contributed by atoms with van der Waals surface area (Å²) in [6, 6.07) is 5.28. The van der Waals surface area contributed by atoms with Gasteiger partial charge in [-0.3, -0.25) is 9.69 Å². The van der Waals surface area contributed by atoms with E-state index in [0.717, 1.165) is 49.2 Å². The Kier molecular flexibility index (Phi) is 4.99. The topological polar surface area (TPSA) is 85.0 Å². The molecule has 0 amide bonds. The molecular formula is C17H22N8OS. The van der Waals surface area contributed by atoms with E-state index in [4.69, 9.17) is 0 Å². The molecule has 1 aliphatic rings. The first-order valence-corrected chi connectivity index (χ1v) is 9.83. The number of aryl methyl sites for hydroxylation is 2. The van der Waals surface area contributed by atoms with Gasteiger partial charge in [0.25, 0.3) is 5.56 Å². The van der Waals surface area contributed by atoms with Gasteiger partial charge in [-0.2, -0.15) is 5.10 Å². The van der Waals surface area contributed by atoms with Crippen molar-refractivity contribution < 1.29 is 0 Å². The van der Waals surface area contributed by atoms with Crippen molar-refractivity contribution in [2.24, 2.45) is 0 Å². The van der Waals surface area contributed by atoms with Crippen LogP contribution in [-0.4, -0.2) is 67.4 Å². The number of aromatic nitrogens is 6. The molecule has 0 bridgehead atoms. The van der Waals surface area contributed by atoms with E-state index in [2.05, 4.69) is 30.2 Å². The molecule has 142 valence electrons. The molecule has 0 N–H and O–H groups in total. The molecule has 0 aromatic carbocycles. The van der Waals surface area contributed by atoms with Gasteiger partial charge in [0.05, 0.1) is 12.2 Å². The lowest BCUT2D eigenvalue weighted by atomic mass is 10.3. The Labute approximate surface area is 160 Å². The number of rotatable bonds is 5. The number of nitrogens with zero attached hydrogens (tertiary/aromatic N) is 8. The first-order chi connectivity index (χ1) is 13.1. The molecule has 0 aliphatic carbocycles. The molecule has 3 aromatic heterocycles. The van der Waals surface area contributed by atoms with E-state index >= 15 is 0 Å². The highest BCUT2D eigenvalue weighted by atomic mass is 32.1. The number of piperazine rings is 1. The summed E-state index contributed by atoms with van der Waals surface area (Å²) in [7, 11) is 0. The van der Waals surface area contributed by atoms with Gasteiger partial charge in [-0.05, 0) is 26.0 Å². The zero-order valence-electron chi connectivity index (χ0n) is 15.4. The monoisotopic (exact) mass is 386 g/mol. The molecular weight excluding hydrogens is 364 g/mol. The summed E-state index contributed by atoms with van der Waals surface area (Å²) in [5, 5.41) is 18.0. The van der Waals surface area contributed by atoms with Crippen molar-refractivity contribution in [3.8, 4) is 5.82 Å². The van der Waals surface area contributed by atoms with Gasteiger partial charge in [0.2, 0.25) is 5.13 Å². The molecule has 4 rings (SSSR count). The van der Waals surface area contributed by atoms with Gasteiger partial charge in [0, 0.05) is 44.5 Å². The maximum Gasteiger partial charge on any atom is 0.266 e. The van der Waals surface area contributed by atoms with Crippen LogP contribution < -0.4 is 10.5 Å². The fourth-order valence-corrected chi connectivity index (χ4v) is 3.89. The third-order valence-corrected chi connectivity index (χ3v) is 5.45. The highest BCUT2D eigenvalue weighted by molar-refractivity contribution is 7.13. The maximum absolute atomic E-state index is 12.2. The van der Waals surface area contributed by atoms with E-state index in [1.165, 1.54) is 4.68 Å². The molecule has 1 saturated heterocycles. The van der Waals surface area contributed by atoms with Crippen LogP contribution in [0.25, 0.3) is 5.82 Å². The predicted octanol–water partition coefficient (Wildman–Crippen LogP) is 0.720. The lowest BCUT2D eigenvalue weighted by Gasteiger charge is -2.34. The number of anilines is 1. The predicted molar refractivity (Wildman–Crippen MR) is 104 cm³/mol. The van der Waals surface area contributed by atoms with Crippen molar-refractivity contribution in [3.63, 3.8) is 0 Å². The molecule has 0 spiro atoms. The van der Waals surface area contributed by atoms with E-state index < -0.39 is 0 Å². The van der Waals surface area contributed by atoms with Crippen molar-refractivity contribution in [3.05, 3.63) is 45.5 Å². The van der Waals surface area contributed by atoms with Gasteiger partial charge < -0.3 is 4.90 Å². The standard InChI is InChI=1S/C17H22N8OS/c1-13-11-14(2)25(20-13)15-3-4-16(26)24(21-15)10-7-22-5-8-23(9-6-22)17-19-18-12-27-17/h3-4,11-12H,5-10H2,1-2H3. The highest BCUT2D eigenvalue weighted by Crippen LogP contribution is 2.17. The third kappa shape index (κ3) is 3.91. The smallest absolute Gasteiger partial charge is 0.266 e. The molecule has 0 unspecified atom stereocenters. The van der Waals surface area contributed by atoms with Crippen LogP contribution in [0, 0.1) is 13.8 Å². The first-order valence-electron chi connectivity index (χ1n) is 8.95. The zero-order valence-corrected chi connectivity index (χ0v) is 16.3. The van der Waals surface area contributed by atoms with Gasteiger partial charge in [-0.25, -0.2) is 9.36 Å². The highest BCUT2D eigenvalue weighted by Gasteiger charge is 2.19. The van der Waals surface area contributed by atoms with Crippen LogP contribution in [0.3, 0.4) is 0 Å². The summed E-state index contributed by atoms with van der Waals surface area (Å²) in [5.41, 5.74) is 3.60. The second-order valence-electron chi connectivity index (χ2n) is 6.64. The van der Waals surface area contributed by atoms with Gasteiger partial charge >= 0.3 is 0 Å². The Bertz CT molecular complexity index is 956. The van der Waals surface area contributed by atoms with Crippen LogP contribution in [0.1, 0.15) is 11.4 Å². The van der Waals surface area contributed by atoms with Crippen molar-refractivity contribution in [1.82, 2.24) is 34.7 Å². The Balaban J connectivity index is 1.39. The normalized spacial score (nSPS) is 15.4. The van der Waals surface area contributed by atoms with Crippen LogP contribution in [0.2, 0.25) is 0 Å². The minimum Gasteiger partial charge on any atom is -0.344 e. The van der Waals surface area contributed by atoms with E-state index in [1.54, 1.807) is 33.7 Å². The van der Waals surface area contributed by atoms with Crippen LogP contribution in [0.15, 0.2) is 28.5 Å². The average Bonchev–Trinajstić information content (AvgIpc) is 3.31. The molecule has 1 fully saturated rings. The lowest BCUT2D eigenvalue weighted by Crippen LogP contribution is -2.47. The summed E-state index contributed by atoms with van der Waals surface area (Å²) in [4.78, 5) is 16.8. The SMILES string of the molecule is Cc1cc(C)n(-c2ccc(=O)n(CCN3CCN(c4nncs4)CC3)n2)n1. The van der Waals surface area contributed by atoms with Crippen molar-refractivity contribution >= 4 is 16.5 Å². The fourth-order valence-electron chi connectivity index (χ4n) is 3.28. The summed E-state index contributed by atoms with van der Waals surface area (Å²) in [6.07, 6.45) is 0. The van der Waals surface area contributed by atoms with E-state index in [1.807, 2.05) is 19.9 Å². The molecule has 0 atom stereocenters. The Morgan fingerprint density at radius 1 is 1.07 bits per heavy atom. The summed E-state index contributed by atoms with van der Waals surface area (Å²) >= 11 is 1.57. The van der Waals surface area contributed by atoms with Gasteiger partial charge in [0.1, 0.15) is 5.51 Å². The molecule has 3 aromatic rings. The molecule has 9 nitrogen and oxygen atoms in total.